The first-order chi connectivity index (χ1) is 8.96. The van der Waals surface area contributed by atoms with Crippen molar-refractivity contribution in [2.24, 2.45) is 0 Å². The Morgan fingerprint density at radius 3 is 2.58 bits per heavy atom. The SMILES string of the molecule is CC(C)N1CCCC(NC2CCOC(C)(C)C2)CC1. The van der Waals surface area contributed by atoms with Gasteiger partial charge in [0.1, 0.15) is 0 Å². The molecule has 2 aliphatic rings. The van der Waals surface area contributed by atoms with E-state index in [-0.39, 0.29) is 5.60 Å². The third-order valence-corrected chi connectivity index (χ3v) is 4.66. The number of hydrogen-bond acceptors (Lipinski definition) is 3. The number of nitrogens with zero attached hydrogens (tertiary/aromatic N) is 1. The summed E-state index contributed by atoms with van der Waals surface area (Å²) in [4.78, 5) is 2.62. The standard InChI is InChI=1S/C16H32N2O/c1-13(2)18-9-5-6-14(7-10-18)17-15-8-11-19-16(3,4)12-15/h13-15,17H,5-12H2,1-4H3. The highest BCUT2D eigenvalue weighted by molar-refractivity contribution is 4.86. The zero-order valence-corrected chi connectivity index (χ0v) is 13.2. The second kappa shape index (κ2) is 6.55. The number of nitrogens with one attached hydrogen (secondary N) is 1. The molecule has 2 heterocycles. The summed E-state index contributed by atoms with van der Waals surface area (Å²) in [5.74, 6) is 0. The van der Waals surface area contributed by atoms with Crippen molar-refractivity contribution in [1.29, 1.82) is 0 Å². The summed E-state index contributed by atoms with van der Waals surface area (Å²) >= 11 is 0. The summed E-state index contributed by atoms with van der Waals surface area (Å²) in [6.45, 7) is 12.5. The first kappa shape index (κ1) is 15.3. The van der Waals surface area contributed by atoms with Crippen LogP contribution >= 0.6 is 0 Å². The maximum absolute atomic E-state index is 5.81. The molecule has 1 N–H and O–H groups in total. The van der Waals surface area contributed by atoms with E-state index in [1.165, 1.54) is 38.8 Å². The highest BCUT2D eigenvalue weighted by Gasteiger charge is 2.30. The van der Waals surface area contributed by atoms with E-state index in [4.69, 9.17) is 4.74 Å². The molecule has 3 nitrogen and oxygen atoms in total. The van der Waals surface area contributed by atoms with E-state index in [9.17, 15) is 0 Å². The van der Waals surface area contributed by atoms with Crippen LogP contribution in [0.1, 0.15) is 59.8 Å². The van der Waals surface area contributed by atoms with Crippen LogP contribution in [0.4, 0.5) is 0 Å². The molecule has 2 unspecified atom stereocenters. The molecular weight excluding hydrogens is 236 g/mol. The normalized spacial score (nSPS) is 33.3. The van der Waals surface area contributed by atoms with Crippen LogP contribution in [-0.4, -0.2) is 48.3 Å². The Hall–Kier alpha value is -0.120. The fraction of sp³-hybridized carbons (Fsp3) is 1.00. The highest BCUT2D eigenvalue weighted by Crippen LogP contribution is 2.25. The van der Waals surface area contributed by atoms with E-state index in [0.29, 0.717) is 18.1 Å². The molecule has 0 aliphatic carbocycles. The van der Waals surface area contributed by atoms with E-state index < -0.39 is 0 Å². The minimum Gasteiger partial charge on any atom is -0.375 e. The van der Waals surface area contributed by atoms with Gasteiger partial charge in [-0.2, -0.15) is 0 Å². The smallest absolute Gasteiger partial charge is 0.0641 e. The van der Waals surface area contributed by atoms with Gasteiger partial charge in [-0.25, -0.2) is 0 Å². The van der Waals surface area contributed by atoms with E-state index in [2.05, 4.69) is 37.9 Å². The van der Waals surface area contributed by atoms with E-state index in [1.807, 2.05) is 0 Å². The Morgan fingerprint density at radius 2 is 1.89 bits per heavy atom. The van der Waals surface area contributed by atoms with Crippen molar-refractivity contribution in [2.75, 3.05) is 19.7 Å². The van der Waals surface area contributed by atoms with Crippen LogP contribution in [0.5, 0.6) is 0 Å². The van der Waals surface area contributed by atoms with Crippen molar-refractivity contribution in [3.8, 4) is 0 Å². The van der Waals surface area contributed by atoms with Gasteiger partial charge in [0.05, 0.1) is 5.60 Å². The summed E-state index contributed by atoms with van der Waals surface area (Å²) in [6, 6.07) is 2.06. The Bertz CT molecular complexity index is 278. The first-order valence-electron chi connectivity index (χ1n) is 8.10. The molecule has 2 atom stereocenters. The van der Waals surface area contributed by atoms with Crippen molar-refractivity contribution in [3.63, 3.8) is 0 Å². The molecule has 2 fully saturated rings. The molecule has 2 rings (SSSR count). The number of hydrogen-bond donors (Lipinski definition) is 1. The number of likely N-dealkylation sites (tertiary alicyclic amines) is 1. The van der Waals surface area contributed by atoms with Crippen LogP contribution in [0.3, 0.4) is 0 Å². The summed E-state index contributed by atoms with van der Waals surface area (Å²) < 4.78 is 5.81. The lowest BCUT2D eigenvalue weighted by molar-refractivity contribution is -0.0643. The van der Waals surface area contributed by atoms with Gasteiger partial charge >= 0.3 is 0 Å². The Morgan fingerprint density at radius 1 is 1.11 bits per heavy atom. The molecule has 2 aliphatic heterocycles. The van der Waals surface area contributed by atoms with Crippen molar-refractivity contribution in [3.05, 3.63) is 0 Å². The fourth-order valence-electron chi connectivity index (χ4n) is 3.51. The zero-order chi connectivity index (χ0) is 13.9. The maximum atomic E-state index is 5.81. The van der Waals surface area contributed by atoms with Crippen LogP contribution in [-0.2, 0) is 4.74 Å². The maximum Gasteiger partial charge on any atom is 0.0641 e. The lowest BCUT2D eigenvalue weighted by Crippen LogP contribution is -2.47. The van der Waals surface area contributed by atoms with Crippen LogP contribution in [0, 0.1) is 0 Å². The molecule has 0 radical (unpaired) electrons. The molecule has 0 aromatic carbocycles. The fourth-order valence-corrected chi connectivity index (χ4v) is 3.51. The highest BCUT2D eigenvalue weighted by atomic mass is 16.5. The van der Waals surface area contributed by atoms with Crippen LogP contribution in [0.15, 0.2) is 0 Å². The third-order valence-electron chi connectivity index (χ3n) is 4.66. The lowest BCUT2D eigenvalue weighted by Gasteiger charge is -2.37. The van der Waals surface area contributed by atoms with Gasteiger partial charge in [0.25, 0.3) is 0 Å². The largest absolute Gasteiger partial charge is 0.375 e. The summed E-state index contributed by atoms with van der Waals surface area (Å²) in [6.07, 6.45) is 6.30. The molecule has 19 heavy (non-hydrogen) atoms. The molecule has 3 heteroatoms. The van der Waals surface area contributed by atoms with Crippen molar-refractivity contribution in [1.82, 2.24) is 10.2 Å². The van der Waals surface area contributed by atoms with E-state index >= 15 is 0 Å². The van der Waals surface area contributed by atoms with Crippen molar-refractivity contribution >= 4 is 0 Å². The minimum absolute atomic E-state index is 0.0601. The second-order valence-corrected chi connectivity index (χ2v) is 7.22. The average molecular weight is 268 g/mol. The van der Waals surface area contributed by atoms with Gasteiger partial charge in [-0.3, -0.25) is 0 Å². The molecule has 0 spiro atoms. The van der Waals surface area contributed by atoms with Crippen LogP contribution < -0.4 is 5.32 Å². The molecule has 0 amide bonds. The van der Waals surface area contributed by atoms with Crippen LogP contribution in [0.25, 0.3) is 0 Å². The summed E-state index contributed by atoms with van der Waals surface area (Å²) in [7, 11) is 0. The number of ether oxygens (including phenoxy) is 1. The summed E-state index contributed by atoms with van der Waals surface area (Å²) in [5.41, 5.74) is 0.0601. The monoisotopic (exact) mass is 268 g/mol. The van der Waals surface area contributed by atoms with Crippen molar-refractivity contribution < 1.29 is 4.74 Å². The van der Waals surface area contributed by atoms with Gasteiger partial charge in [-0.1, -0.05) is 0 Å². The predicted octanol–water partition coefficient (Wildman–Crippen LogP) is 2.80. The molecule has 0 bridgehead atoms. The molecule has 0 aromatic heterocycles. The van der Waals surface area contributed by atoms with Gasteiger partial charge in [0.15, 0.2) is 0 Å². The topological polar surface area (TPSA) is 24.5 Å². The Kier molecular flexibility index (Phi) is 5.27. The Labute approximate surface area is 119 Å². The molecule has 112 valence electrons. The second-order valence-electron chi connectivity index (χ2n) is 7.22. The van der Waals surface area contributed by atoms with Gasteiger partial charge < -0.3 is 15.0 Å². The lowest BCUT2D eigenvalue weighted by atomic mass is 9.93. The van der Waals surface area contributed by atoms with E-state index in [0.717, 1.165) is 13.0 Å². The Balaban J connectivity index is 1.79. The van der Waals surface area contributed by atoms with Gasteiger partial charge in [-0.15, -0.1) is 0 Å². The predicted molar refractivity (Wildman–Crippen MR) is 80.5 cm³/mol. The minimum atomic E-state index is 0.0601. The van der Waals surface area contributed by atoms with E-state index in [1.54, 1.807) is 0 Å². The molecule has 0 aromatic rings. The quantitative estimate of drug-likeness (QED) is 0.852. The zero-order valence-electron chi connectivity index (χ0n) is 13.2. The summed E-state index contributed by atoms with van der Waals surface area (Å²) in [5, 5.41) is 3.91. The first-order valence-corrected chi connectivity index (χ1v) is 8.10. The molecular formula is C16H32N2O. The van der Waals surface area contributed by atoms with Crippen molar-refractivity contribution in [2.45, 2.75) is 83.5 Å². The van der Waals surface area contributed by atoms with Gasteiger partial charge in [0, 0.05) is 24.7 Å². The molecule has 2 saturated heterocycles. The third kappa shape index (κ3) is 4.73. The average Bonchev–Trinajstić information content (AvgIpc) is 2.53. The molecule has 0 saturated carbocycles. The number of rotatable bonds is 3. The van der Waals surface area contributed by atoms with Gasteiger partial charge in [-0.05, 0) is 72.9 Å². The van der Waals surface area contributed by atoms with Gasteiger partial charge in [0.2, 0.25) is 0 Å². The van der Waals surface area contributed by atoms with Crippen LogP contribution in [0.2, 0.25) is 0 Å².